The van der Waals surface area contributed by atoms with E-state index in [4.69, 9.17) is 0 Å². The first-order valence-corrected chi connectivity index (χ1v) is 8.46. The van der Waals surface area contributed by atoms with Gasteiger partial charge >= 0.3 is 0 Å². The van der Waals surface area contributed by atoms with Crippen LogP contribution in [0.2, 0.25) is 0 Å². The van der Waals surface area contributed by atoms with Gasteiger partial charge in [-0.25, -0.2) is 0 Å². The summed E-state index contributed by atoms with van der Waals surface area (Å²) in [4.78, 5) is 12.2. The zero-order valence-electron chi connectivity index (χ0n) is 10.3. The van der Waals surface area contributed by atoms with Crippen LogP contribution in [0, 0.1) is 5.92 Å². The lowest BCUT2D eigenvalue weighted by atomic mass is 10.0. The number of hydrogen-bond acceptors (Lipinski definition) is 1. The van der Waals surface area contributed by atoms with E-state index in [0.29, 0.717) is 11.5 Å². The summed E-state index contributed by atoms with van der Waals surface area (Å²) >= 11 is 10.2. The van der Waals surface area contributed by atoms with Gasteiger partial charge in [-0.2, -0.15) is 0 Å². The Labute approximate surface area is 133 Å². The molecule has 0 saturated carbocycles. The first-order valence-electron chi connectivity index (χ1n) is 5.76. The molecule has 1 aromatic rings. The molecule has 0 radical (unpaired) electrons. The molecule has 5 heteroatoms. The van der Waals surface area contributed by atoms with E-state index in [-0.39, 0.29) is 11.9 Å². The minimum absolute atomic E-state index is 0.0422. The predicted octanol–water partition coefficient (Wildman–Crippen LogP) is 4.75. The average Bonchev–Trinajstić information content (AvgIpc) is 2.27. The van der Waals surface area contributed by atoms with Crippen molar-refractivity contribution in [2.24, 2.45) is 5.92 Å². The van der Waals surface area contributed by atoms with E-state index >= 15 is 0 Å². The number of rotatable bonds is 5. The highest BCUT2D eigenvalue weighted by atomic mass is 79.9. The van der Waals surface area contributed by atoms with E-state index in [1.165, 1.54) is 0 Å². The van der Waals surface area contributed by atoms with Gasteiger partial charge in [0.15, 0.2) is 0 Å². The topological polar surface area (TPSA) is 29.1 Å². The summed E-state index contributed by atoms with van der Waals surface area (Å²) in [6.07, 6.45) is 0.963. The number of benzene rings is 1. The summed E-state index contributed by atoms with van der Waals surface area (Å²) in [7, 11) is 0. The first-order chi connectivity index (χ1) is 8.43. The summed E-state index contributed by atoms with van der Waals surface area (Å²) in [5.41, 5.74) is 0.660. The number of carbonyl (C=O) groups excluding carboxylic acids is 1. The number of hydrogen-bond donors (Lipinski definition) is 1. The molecule has 1 unspecified atom stereocenters. The molecule has 0 saturated heterocycles. The molecule has 1 N–H and O–H groups in total. The van der Waals surface area contributed by atoms with E-state index in [9.17, 15) is 4.79 Å². The van der Waals surface area contributed by atoms with Crippen LogP contribution in [0.1, 0.15) is 30.6 Å². The van der Waals surface area contributed by atoms with Gasteiger partial charge in [0.1, 0.15) is 0 Å². The maximum Gasteiger partial charge on any atom is 0.252 e. The number of nitrogens with one attached hydrogen (secondary N) is 1. The molecular weight excluding hydrogens is 426 g/mol. The van der Waals surface area contributed by atoms with Crippen molar-refractivity contribution in [3.8, 4) is 0 Å². The molecule has 1 aromatic carbocycles. The van der Waals surface area contributed by atoms with Crippen molar-refractivity contribution in [2.45, 2.75) is 26.3 Å². The van der Waals surface area contributed by atoms with Gasteiger partial charge in [-0.15, -0.1) is 0 Å². The second kappa shape index (κ2) is 7.65. The maximum absolute atomic E-state index is 12.2. The van der Waals surface area contributed by atoms with Crippen molar-refractivity contribution in [3.63, 3.8) is 0 Å². The van der Waals surface area contributed by atoms with Gasteiger partial charge in [0, 0.05) is 20.3 Å². The van der Waals surface area contributed by atoms with Crippen LogP contribution in [-0.4, -0.2) is 17.3 Å². The smallest absolute Gasteiger partial charge is 0.252 e. The summed E-state index contributed by atoms with van der Waals surface area (Å²) in [6, 6.07) is 5.71. The van der Waals surface area contributed by atoms with Crippen LogP contribution in [0.15, 0.2) is 27.1 Å². The zero-order chi connectivity index (χ0) is 13.7. The highest BCUT2D eigenvalue weighted by Gasteiger charge is 2.16. The van der Waals surface area contributed by atoms with Crippen molar-refractivity contribution in [3.05, 3.63) is 32.7 Å². The van der Waals surface area contributed by atoms with Gasteiger partial charge < -0.3 is 5.32 Å². The van der Waals surface area contributed by atoms with Crippen molar-refractivity contribution in [2.75, 3.05) is 5.33 Å². The van der Waals surface area contributed by atoms with Crippen molar-refractivity contribution >= 4 is 53.7 Å². The first kappa shape index (κ1) is 16.2. The van der Waals surface area contributed by atoms with Gasteiger partial charge in [0.05, 0.1) is 5.56 Å². The molecule has 1 rings (SSSR count). The van der Waals surface area contributed by atoms with Crippen LogP contribution in [0.4, 0.5) is 0 Å². The molecule has 18 heavy (non-hydrogen) atoms. The average molecular weight is 442 g/mol. The zero-order valence-corrected chi connectivity index (χ0v) is 15.1. The summed E-state index contributed by atoms with van der Waals surface area (Å²) in [6.45, 7) is 4.30. The molecule has 2 nitrogen and oxygen atoms in total. The lowest BCUT2D eigenvalue weighted by Gasteiger charge is -2.18. The van der Waals surface area contributed by atoms with Crippen LogP contribution < -0.4 is 5.32 Å². The molecule has 0 aliphatic rings. The molecular formula is C13H16Br3NO. The molecule has 100 valence electrons. The fraction of sp³-hybridized carbons (Fsp3) is 0.462. The Balaban J connectivity index is 2.74. The van der Waals surface area contributed by atoms with Crippen LogP contribution in [0.25, 0.3) is 0 Å². The summed E-state index contributed by atoms with van der Waals surface area (Å²) < 4.78 is 1.75. The number of amides is 1. The summed E-state index contributed by atoms with van der Waals surface area (Å²) in [5.74, 6) is 0.515. The Morgan fingerprint density at radius 2 is 2.00 bits per heavy atom. The van der Waals surface area contributed by atoms with Crippen LogP contribution >= 0.6 is 47.8 Å². The fourth-order valence-corrected chi connectivity index (χ4v) is 3.32. The van der Waals surface area contributed by atoms with Crippen molar-refractivity contribution in [1.29, 1.82) is 0 Å². The Hall–Kier alpha value is 0.130. The Bertz CT molecular complexity index is 421. The molecule has 1 atom stereocenters. The molecule has 0 heterocycles. The normalized spacial score (nSPS) is 12.6. The molecule has 0 fully saturated rings. The van der Waals surface area contributed by atoms with E-state index in [2.05, 4.69) is 67.0 Å². The van der Waals surface area contributed by atoms with E-state index < -0.39 is 0 Å². The molecule has 0 bridgehead atoms. The van der Waals surface area contributed by atoms with Gasteiger partial charge in [0.2, 0.25) is 0 Å². The van der Waals surface area contributed by atoms with Crippen LogP contribution in [0.3, 0.4) is 0 Å². The minimum Gasteiger partial charge on any atom is -0.348 e. The van der Waals surface area contributed by atoms with Gasteiger partial charge in [-0.1, -0.05) is 45.7 Å². The highest BCUT2D eigenvalue weighted by molar-refractivity contribution is 9.11. The van der Waals surface area contributed by atoms with Gasteiger partial charge in [-0.3, -0.25) is 4.79 Å². The number of carbonyl (C=O) groups is 1. The SMILES string of the molecule is CC(C)CC(CBr)NC(=O)c1ccc(Br)cc1Br. The van der Waals surface area contributed by atoms with E-state index in [1.807, 2.05) is 18.2 Å². The predicted molar refractivity (Wildman–Crippen MR) is 86.3 cm³/mol. The second-order valence-electron chi connectivity index (χ2n) is 4.58. The molecule has 0 spiro atoms. The van der Waals surface area contributed by atoms with Crippen molar-refractivity contribution in [1.82, 2.24) is 5.32 Å². The quantitative estimate of drug-likeness (QED) is 0.656. The minimum atomic E-state index is -0.0422. The highest BCUT2D eigenvalue weighted by Crippen LogP contribution is 2.22. The Morgan fingerprint density at radius 3 is 2.50 bits per heavy atom. The Kier molecular flexibility index (Phi) is 6.88. The van der Waals surface area contributed by atoms with Crippen LogP contribution in [0.5, 0.6) is 0 Å². The van der Waals surface area contributed by atoms with Gasteiger partial charge in [-0.05, 0) is 46.5 Å². The molecule has 0 aliphatic carbocycles. The second-order valence-corrected chi connectivity index (χ2v) is 7.00. The molecule has 0 aliphatic heterocycles. The Morgan fingerprint density at radius 1 is 1.33 bits per heavy atom. The molecule has 0 aromatic heterocycles. The third-order valence-electron chi connectivity index (χ3n) is 2.45. The third-order valence-corrected chi connectivity index (χ3v) is 4.38. The van der Waals surface area contributed by atoms with Crippen molar-refractivity contribution < 1.29 is 4.79 Å². The fourth-order valence-electron chi connectivity index (χ4n) is 1.67. The lowest BCUT2D eigenvalue weighted by Crippen LogP contribution is -2.37. The van der Waals surface area contributed by atoms with Crippen LogP contribution in [-0.2, 0) is 0 Å². The lowest BCUT2D eigenvalue weighted by molar-refractivity contribution is 0.0936. The van der Waals surface area contributed by atoms with Gasteiger partial charge in [0.25, 0.3) is 5.91 Å². The maximum atomic E-state index is 12.2. The van der Waals surface area contributed by atoms with E-state index in [1.54, 1.807) is 0 Å². The van der Waals surface area contributed by atoms with E-state index in [0.717, 1.165) is 20.7 Å². The largest absolute Gasteiger partial charge is 0.348 e. The number of alkyl halides is 1. The standard InChI is InChI=1S/C13H16Br3NO/c1-8(2)5-10(7-14)17-13(18)11-4-3-9(15)6-12(11)16/h3-4,6,8,10H,5,7H2,1-2H3,(H,17,18). The monoisotopic (exact) mass is 439 g/mol. The third kappa shape index (κ3) is 5.02. The number of halogens is 3. The molecule has 1 amide bonds. The summed E-state index contributed by atoms with van der Waals surface area (Å²) in [5, 5.41) is 3.81.